The number of rotatable bonds is 1. The van der Waals surface area contributed by atoms with E-state index >= 15 is 0 Å². The SMILES string of the molecule is CC(C)N1C[C@H](C)N2C(=C(O)C3C(=O)N4Cc5ccc(F)cc5OCCCCCNC(=O)C(=N4)C32)C1=O. The van der Waals surface area contributed by atoms with E-state index in [1.807, 2.05) is 20.8 Å². The molecule has 0 saturated carbocycles. The molecule has 2 bridgehead atoms. The van der Waals surface area contributed by atoms with E-state index in [9.17, 15) is 23.9 Å². The van der Waals surface area contributed by atoms with Gasteiger partial charge in [0, 0.05) is 36.8 Å². The molecule has 4 aliphatic heterocycles. The van der Waals surface area contributed by atoms with Crippen LogP contribution in [0.25, 0.3) is 0 Å². The van der Waals surface area contributed by atoms with Crippen LogP contribution in [0.15, 0.2) is 34.8 Å². The highest BCUT2D eigenvalue weighted by atomic mass is 19.1. The summed E-state index contributed by atoms with van der Waals surface area (Å²) in [5.74, 6) is -3.04. The molecule has 10 nitrogen and oxygen atoms in total. The monoisotopic (exact) mass is 513 g/mol. The molecular weight excluding hydrogens is 481 g/mol. The van der Waals surface area contributed by atoms with Gasteiger partial charge in [-0.25, -0.2) is 9.40 Å². The molecule has 4 aliphatic rings. The third-order valence-corrected chi connectivity index (χ3v) is 7.41. The number of benzene rings is 1. The maximum Gasteiger partial charge on any atom is 0.273 e. The van der Waals surface area contributed by atoms with E-state index < -0.39 is 29.6 Å². The molecule has 0 aliphatic carbocycles. The Hall–Kier alpha value is -3.63. The fourth-order valence-electron chi connectivity index (χ4n) is 5.55. The van der Waals surface area contributed by atoms with Crippen molar-refractivity contribution in [2.45, 2.75) is 64.7 Å². The van der Waals surface area contributed by atoms with Gasteiger partial charge in [-0.05, 0) is 46.1 Å². The molecule has 0 aromatic heterocycles. The van der Waals surface area contributed by atoms with E-state index in [2.05, 4.69) is 10.4 Å². The fraction of sp³-hybridized carbons (Fsp3) is 0.538. The molecule has 37 heavy (non-hydrogen) atoms. The summed E-state index contributed by atoms with van der Waals surface area (Å²) >= 11 is 0. The predicted octanol–water partition coefficient (Wildman–Crippen LogP) is 1.91. The Morgan fingerprint density at radius 3 is 2.73 bits per heavy atom. The zero-order valence-electron chi connectivity index (χ0n) is 21.2. The summed E-state index contributed by atoms with van der Waals surface area (Å²) in [6.07, 6.45) is 2.22. The third-order valence-electron chi connectivity index (χ3n) is 7.41. The van der Waals surface area contributed by atoms with Crippen LogP contribution in [0.2, 0.25) is 0 Å². The molecule has 2 unspecified atom stereocenters. The minimum absolute atomic E-state index is 0.0434. The van der Waals surface area contributed by atoms with Gasteiger partial charge in [-0.2, -0.15) is 5.10 Å². The molecule has 1 fully saturated rings. The Morgan fingerprint density at radius 1 is 1.19 bits per heavy atom. The normalized spacial score (nSPS) is 26.7. The molecule has 3 amide bonds. The van der Waals surface area contributed by atoms with Crippen molar-refractivity contribution in [1.29, 1.82) is 0 Å². The standard InChI is InChI=1S/C26H32FN5O5/c1-14(2)30-12-15(3)32-21-19(23(33)22(32)26(30)36)25(35)31-13-16-7-8-17(27)11-18(16)37-10-6-4-5-9-28-24(34)20(21)29-31/h7-8,11,14-15,19,21,33H,4-6,9-10,12-13H2,1-3H3,(H,28,34)/t15-,19?,21?/m0/s1. The van der Waals surface area contributed by atoms with Crippen LogP contribution in [0.3, 0.4) is 0 Å². The van der Waals surface area contributed by atoms with E-state index in [1.54, 1.807) is 9.80 Å². The van der Waals surface area contributed by atoms with Crippen molar-refractivity contribution in [3.8, 4) is 5.75 Å². The van der Waals surface area contributed by atoms with Gasteiger partial charge < -0.3 is 25.0 Å². The molecular formula is C26H32FN5O5. The Morgan fingerprint density at radius 2 is 1.97 bits per heavy atom. The number of hydrogen-bond donors (Lipinski definition) is 2. The minimum atomic E-state index is -1.16. The number of carbonyl (C=O) groups is 3. The van der Waals surface area contributed by atoms with Crippen LogP contribution in [0.5, 0.6) is 5.75 Å². The van der Waals surface area contributed by atoms with Crippen molar-refractivity contribution in [2.24, 2.45) is 11.0 Å². The van der Waals surface area contributed by atoms with Gasteiger partial charge in [-0.3, -0.25) is 14.4 Å². The maximum atomic E-state index is 14.0. The quantitative estimate of drug-likeness (QED) is 0.593. The van der Waals surface area contributed by atoms with Crippen LogP contribution in [0, 0.1) is 11.7 Å². The van der Waals surface area contributed by atoms with Gasteiger partial charge in [0.25, 0.3) is 17.7 Å². The Labute approximate surface area is 214 Å². The van der Waals surface area contributed by atoms with E-state index in [0.29, 0.717) is 37.4 Å². The van der Waals surface area contributed by atoms with E-state index in [1.165, 1.54) is 18.2 Å². The second-order valence-corrected chi connectivity index (χ2v) is 10.3. The summed E-state index contributed by atoms with van der Waals surface area (Å²) in [5, 5.41) is 19.8. The first-order valence-corrected chi connectivity index (χ1v) is 12.8. The van der Waals surface area contributed by atoms with Gasteiger partial charge in [0.2, 0.25) is 0 Å². The van der Waals surface area contributed by atoms with Crippen molar-refractivity contribution in [3.63, 3.8) is 0 Å². The molecule has 1 aromatic carbocycles. The largest absolute Gasteiger partial charge is 0.509 e. The Kier molecular flexibility index (Phi) is 6.55. The molecule has 0 radical (unpaired) electrons. The van der Waals surface area contributed by atoms with Gasteiger partial charge in [0.05, 0.1) is 19.2 Å². The average Bonchev–Trinajstić information content (AvgIpc) is 3.17. The van der Waals surface area contributed by atoms with E-state index in [0.717, 1.165) is 17.9 Å². The van der Waals surface area contributed by atoms with Crippen molar-refractivity contribution in [1.82, 2.24) is 20.1 Å². The summed E-state index contributed by atoms with van der Waals surface area (Å²) < 4.78 is 19.8. The first-order chi connectivity index (χ1) is 17.7. The molecule has 198 valence electrons. The lowest BCUT2D eigenvalue weighted by Crippen LogP contribution is -2.62. The number of amides is 3. The smallest absolute Gasteiger partial charge is 0.273 e. The van der Waals surface area contributed by atoms with Crippen LogP contribution in [-0.4, -0.2) is 81.2 Å². The summed E-state index contributed by atoms with van der Waals surface area (Å²) in [4.78, 5) is 43.9. The van der Waals surface area contributed by atoms with Crippen molar-refractivity contribution in [2.75, 3.05) is 19.7 Å². The number of fused-ring (bicyclic) bond motifs is 6. The molecule has 3 atom stereocenters. The summed E-state index contributed by atoms with van der Waals surface area (Å²) in [6.45, 7) is 6.75. The average molecular weight is 514 g/mol. The number of piperazine rings is 1. The molecule has 5 rings (SSSR count). The highest BCUT2D eigenvalue weighted by molar-refractivity contribution is 6.42. The first-order valence-electron chi connectivity index (χ1n) is 12.8. The van der Waals surface area contributed by atoms with Crippen LogP contribution < -0.4 is 10.1 Å². The van der Waals surface area contributed by atoms with Crippen LogP contribution in [0.4, 0.5) is 4.39 Å². The molecule has 11 heteroatoms. The van der Waals surface area contributed by atoms with Crippen LogP contribution >= 0.6 is 0 Å². The first kappa shape index (κ1) is 25.0. The van der Waals surface area contributed by atoms with Crippen molar-refractivity contribution >= 4 is 23.4 Å². The number of nitrogens with zero attached hydrogens (tertiary/aromatic N) is 4. The number of hydrogen-bond acceptors (Lipinski definition) is 7. The van der Waals surface area contributed by atoms with Gasteiger partial charge in [0.1, 0.15) is 34.7 Å². The maximum absolute atomic E-state index is 14.0. The lowest BCUT2D eigenvalue weighted by molar-refractivity contribution is -0.139. The predicted molar refractivity (Wildman–Crippen MR) is 132 cm³/mol. The van der Waals surface area contributed by atoms with Gasteiger partial charge >= 0.3 is 0 Å². The molecule has 0 spiro atoms. The zero-order valence-corrected chi connectivity index (χ0v) is 21.2. The van der Waals surface area contributed by atoms with E-state index in [-0.39, 0.29) is 41.7 Å². The van der Waals surface area contributed by atoms with Gasteiger partial charge in [-0.1, -0.05) is 6.07 Å². The number of aliphatic hydroxyl groups is 1. The number of ether oxygens (including phenoxy) is 1. The minimum Gasteiger partial charge on any atom is -0.509 e. The summed E-state index contributed by atoms with van der Waals surface area (Å²) in [5.41, 5.74) is 0.624. The number of hydrazone groups is 1. The Balaban J connectivity index is 1.59. The molecule has 1 saturated heterocycles. The van der Waals surface area contributed by atoms with Crippen molar-refractivity contribution < 1.29 is 28.6 Å². The lowest BCUT2D eigenvalue weighted by atomic mass is 9.91. The van der Waals surface area contributed by atoms with Crippen LogP contribution in [0.1, 0.15) is 45.6 Å². The number of nitrogens with one attached hydrogen (secondary N) is 1. The third kappa shape index (κ3) is 4.30. The number of aliphatic hydroxyl groups excluding tert-OH is 1. The van der Waals surface area contributed by atoms with Crippen molar-refractivity contribution in [3.05, 3.63) is 41.0 Å². The van der Waals surface area contributed by atoms with E-state index in [4.69, 9.17) is 4.74 Å². The second kappa shape index (κ2) is 9.68. The second-order valence-electron chi connectivity index (χ2n) is 10.3. The highest BCUT2D eigenvalue weighted by Gasteiger charge is 2.58. The fourth-order valence-corrected chi connectivity index (χ4v) is 5.55. The number of halogens is 1. The van der Waals surface area contributed by atoms with Gasteiger partial charge in [-0.15, -0.1) is 0 Å². The summed E-state index contributed by atoms with van der Waals surface area (Å²) in [7, 11) is 0. The van der Waals surface area contributed by atoms with Gasteiger partial charge in [0.15, 0.2) is 0 Å². The Bertz CT molecular complexity index is 1200. The number of carbonyl (C=O) groups excluding carboxylic acids is 3. The molecule has 4 heterocycles. The lowest BCUT2D eigenvalue weighted by Gasteiger charge is -2.45. The van der Waals surface area contributed by atoms with Crippen LogP contribution in [-0.2, 0) is 20.9 Å². The topological polar surface area (TPSA) is 115 Å². The summed E-state index contributed by atoms with van der Waals surface area (Å²) in [6, 6.07) is 2.81. The zero-order chi connectivity index (χ0) is 26.4. The highest BCUT2D eigenvalue weighted by Crippen LogP contribution is 2.42. The molecule has 2 N–H and O–H groups in total. The molecule has 1 aromatic rings.